The molecule has 0 radical (unpaired) electrons. The van der Waals surface area contributed by atoms with E-state index < -0.39 is 0 Å². The molecule has 124 valence electrons. The van der Waals surface area contributed by atoms with Gasteiger partial charge in [0.1, 0.15) is 6.33 Å². The lowest BCUT2D eigenvalue weighted by Crippen LogP contribution is -2.19. The predicted molar refractivity (Wildman–Crippen MR) is 94.8 cm³/mol. The first-order valence-electron chi connectivity index (χ1n) is 7.46. The van der Waals surface area contributed by atoms with Crippen molar-refractivity contribution in [2.45, 2.75) is 0 Å². The summed E-state index contributed by atoms with van der Waals surface area (Å²) < 4.78 is 12.1. The quantitative estimate of drug-likeness (QED) is 0.737. The van der Waals surface area contributed by atoms with Crippen molar-refractivity contribution in [3.05, 3.63) is 53.1 Å². The lowest BCUT2D eigenvalue weighted by molar-refractivity contribution is 0.355. The summed E-state index contributed by atoms with van der Waals surface area (Å²) in [7, 11) is 7.03. The van der Waals surface area contributed by atoms with Crippen LogP contribution in [0.4, 0.5) is 5.69 Å². The first-order valence-corrected chi connectivity index (χ1v) is 7.46. The Bertz CT molecular complexity index is 931. The average molecular weight is 325 g/mol. The molecule has 2 aromatic carbocycles. The molecule has 0 saturated heterocycles. The summed E-state index contributed by atoms with van der Waals surface area (Å²) in [6.45, 7) is 0. The fraction of sp³-hybridized carbons (Fsp3) is 0.222. The Morgan fingerprint density at radius 2 is 1.62 bits per heavy atom. The highest BCUT2D eigenvalue weighted by Crippen LogP contribution is 2.30. The van der Waals surface area contributed by atoms with E-state index in [1.165, 1.54) is 10.9 Å². The molecule has 0 spiro atoms. The Morgan fingerprint density at radius 3 is 2.21 bits per heavy atom. The molecule has 3 rings (SSSR count). The van der Waals surface area contributed by atoms with Gasteiger partial charge in [0.15, 0.2) is 11.5 Å². The van der Waals surface area contributed by atoms with Crippen LogP contribution in [0.1, 0.15) is 0 Å². The second-order valence-electron chi connectivity index (χ2n) is 5.55. The van der Waals surface area contributed by atoms with E-state index in [2.05, 4.69) is 4.98 Å². The maximum absolute atomic E-state index is 12.8. The summed E-state index contributed by atoms with van der Waals surface area (Å²) in [5.41, 5.74) is 2.24. The smallest absolute Gasteiger partial charge is 0.265 e. The monoisotopic (exact) mass is 325 g/mol. The Kier molecular flexibility index (Phi) is 4.12. The summed E-state index contributed by atoms with van der Waals surface area (Å²) in [4.78, 5) is 19.2. The van der Waals surface area contributed by atoms with Crippen LogP contribution in [0, 0.1) is 0 Å². The summed E-state index contributed by atoms with van der Waals surface area (Å²) in [5, 5.41) is 0.479. The van der Waals surface area contributed by atoms with Crippen LogP contribution >= 0.6 is 0 Å². The molecule has 0 aliphatic rings. The van der Waals surface area contributed by atoms with Gasteiger partial charge >= 0.3 is 0 Å². The van der Waals surface area contributed by atoms with Crippen LogP contribution in [0.5, 0.6) is 11.5 Å². The van der Waals surface area contributed by atoms with Gasteiger partial charge in [-0.05, 0) is 30.3 Å². The van der Waals surface area contributed by atoms with Crippen LogP contribution in [0.15, 0.2) is 47.5 Å². The molecule has 0 atom stereocenters. The summed E-state index contributed by atoms with van der Waals surface area (Å²) >= 11 is 0. The summed E-state index contributed by atoms with van der Waals surface area (Å²) in [6, 6.07) is 11.1. The Balaban J connectivity index is 2.16. The van der Waals surface area contributed by atoms with Gasteiger partial charge in [0.2, 0.25) is 0 Å². The van der Waals surface area contributed by atoms with Gasteiger partial charge in [-0.2, -0.15) is 0 Å². The maximum Gasteiger partial charge on any atom is 0.265 e. The van der Waals surface area contributed by atoms with Crippen LogP contribution in [-0.2, 0) is 0 Å². The molecule has 0 aliphatic heterocycles. The second kappa shape index (κ2) is 6.23. The highest BCUT2D eigenvalue weighted by Gasteiger charge is 2.12. The minimum Gasteiger partial charge on any atom is -0.493 e. The molecule has 0 unspecified atom stereocenters. The minimum absolute atomic E-state index is 0.154. The van der Waals surface area contributed by atoms with Gasteiger partial charge in [-0.1, -0.05) is 0 Å². The second-order valence-corrected chi connectivity index (χ2v) is 5.55. The number of rotatable bonds is 4. The van der Waals surface area contributed by atoms with Gasteiger partial charge in [-0.15, -0.1) is 0 Å². The van der Waals surface area contributed by atoms with Crippen LogP contribution in [0.3, 0.4) is 0 Å². The molecule has 6 nitrogen and oxygen atoms in total. The van der Waals surface area contributed by atoms with Crippen molar-refractivity contribution >= 4 is 16.6 Å². The molecule has 24 heavy (non-hydrogen) atoms. The molecular weight excluding hydrogens is 306 g/mol. The average Bonchev–Trinajstić information content (AvgIpc) is 2.61. The summed E-state index contributed by atoms with van der Waals surface area (Å²) in [5.74, 6) is 1.05. The van der Waals surface area contributed by atoms with E-state index in [1.807, 2.05) is 43.3 Å². The third-order valence-corrected chi connectivity index (χ3v) is 3.91. The molecule has 0 amide bonds. The van der Waals surface area contributed by atoms with Crippen molar-refractivity contribution < 1.29 is 9.47 Å². The number of anilines is 1. The third-order valence-electron chi connectivity index (χ3n) is 3.91. The molecule has 0 fully saturated rings. The fourth-order valence-corrected chi connectivity index (χ4v) is 2.54. The maximum atomic E-state index is 12.8. The van der Waals surface area contributed by atoms with E-state index in [-0.39, 0.29) is 5.56 Å². The molecule has 1 heterocycles. The standard InChI is InChI=1S/C18H19N3O3/c1-20(2)12-5-7-13(8-6-12)21-11-19-15-10-17(24-4)16(23-3)9-14(15)18(21)22/h5-11H,1-4H3. The zero-order valence-corrected chi connectivity index (χ0v) is 14.1. The van der Waals surface area contributed by atoms with Gasteiger partial charge < -0.3 is 14.4 Å². The van der Waals surface area contributed by atoms with Gasteiger partial charge in [0, 0.05) is 25.8 Å². The van der Waals surface area contributed by atoms with Gasteiger partial charge in [-0.3, -0.25) is 9.36 Å². The van der Waals surface area contributed by atoms with Crippen LogP contribution < -0.4 is 19.9 Å². The van der Waals surface area contributed by atoms with Gasteiger partial charge in [0.05, 0.1) is 30.8 Å². The fourth-order valence-electron chi connectivity index (χ4n) is 2.54. The Hall–Kier alpha value is -3.02. The zero-order valence-electron chi connectivity index (χ0n) is 14.1. The number of hydrogen-bond donors (Lipinski definition) is 0. The van der Waals surface area contributed by atoms with E-state index in [9.17, 15) is 4.79 Å². The zero-order chi connectivity index (χ0) is 17.3. The van der Waals surface area contributed by atoms with E-state index >= 15 is 0 Å². The summed E-state index contributed by atoms with van der Waals surface area (Å²) in [6.07, 6.45) is 1.53. The highest BCUT2D eigenvalue weighted by atomic mass is 16.5. The highest BCUT2D eigenvalue weighted by molar-refractivity contribution is 5.82. The molecule has 0 N–H and O–H groups in total. The molecule has 0 aliphatic carbocycles. The lowest BCUT2D eigenvalue weighted by Gasteiger charge is -2.14. The molecule has 0 bridgehead atoms. The van der Waals surface area contributed by atoms with Crippen molar-refractivity contribution in [3.63, 3.8) is 0 Å². The van der Waals surface area contributed by atoms with Crippen molar-refractivity contribution in [2.75, 3.05) is 33.2 Å². The number of fused-ring (bicyclic) bond motifs is 1. The molecule has 6 heteroatoms. The number of aromatic nitrogens is 2. The molecule has 1 aromatic heterocycles. The number of nitrogens with zero attached hydrogens (tertiary/aromatic N) is 3. The van der Waals surface area contributed by atoms with Crippen LogP contribution in [-0.4, -0.2) is 37.9 Å². The van der Waals surface area contributed by atoms with Crippen molar-refractivity contribution in [1.82, 2.24) is 9.55 Å². The van der Waals surface area contributed by atoms with E-state index in [1.54, 1.807) is 26.4 Å². The minimum atomic E-state index is -0.154. The van der Waals surface area contributed by atoms with Crippen LogP contribution in [0.25, 0.3) is 16.6 Å². The molecule has 3 aromatic rings. The molecular formula is C18H19N3O3. The van der Waals surface area contributed by atoms with Gasteiger partial charge in [0.25, 0.3) is 5.56 Å². The first-order chi connectivity index (χ1) is 11.5. The van der Waals surface area contributed by atoms with E-state index in [0.717, 1.165) is 11.4 Å². The van der Waals surface area contributed by atoms with Crippen molar-refractivity contribution in [1.29, 1.82) is 0 Å². The predicted octanol–water partition coefficient (Wildman–Crippen LogP) is 2.47. The number of methoxy groups -OCH3 is 2. The normalized spacial score (nSPS) is 10.7. The van der Waals surface area contributed by atoms with Crippen molar-refractivity contribution in [2.24, 2.45) is 0 Å². The number of ether oxygens (including phenoxy) is 2. The Labute approximate surface area is 139 Å². The lowest BCUT2D eigenvalue weighted by atomic mass is 10.2. The van der Waals surface area contributed by atoms with Gasteiger partial charge in [-0.25, -0.2) is 4.98 Å². The topological polar surface area (TPSA) is 56.6 Å². The largest absolute Gasteiger partial charge is 0.493 e. The van der Waals surface area contributed by atoms with Crippen molar-refractivity contribution in [3.8, 4) is 17.2 Å². The number of hydrogen-bond acceptors (Lipinski definition) is 5. The third kappa shape index (κ3) is 2.67. The molecule has 0 saturated carbocycles. The van der Waals surface area contributed by atoms with Crippen LogP contribution in [0.2, 0.25) is 0 Å². The van der Waals surface area contributed by atoms with E-state index in [4.69, 9.17) is 9.47 Å². The number of benzene rings is 2. The first kappa shape index (κ1) is 15.9. The Morgan fingerprint density at radius 1 is 1.00 bits per heavy atom. The SMILES string of the molecule is COc1cc2ncn(-c3ccc(N(C)C)cc3)c(=O)c2cc1OC. The van der Waals surface area contributed by atoms with E-state index in [0.29, 0.717) is 22.4 Å².